The third-order valence-corrected chi connectivity index (χ3v) is 4.36. The van der Waals surface area contributed by atoms with Gasteiger partial charge < -0.3 is 25.5 Å². The molecule has 2 aromatic carbocycles. The zero-order chi connectivity index (χ0) is 24.2. The Morgan fingerprint density at radius 3 is 1.94 bits per heavy atom. The second-order valence-corrected chi connectivity index (χ2v) is 7.79. The molecular formula is C27H33NO6. The zero-order valence-corrected chi connectivity index (χ0v) is 20.2. The molecule has 34 heavy (non-hydrogen) atoms. The van der Waals surface area contributed by atoms with Crippen LogP contribution in [0.5, 0.6) is 17.2 Å². The van der Waals surface area contributed by atoms with E-state index in [0.29, 0.717) is 19.0 Å². The topological polar surface area (TPSA) is 117 Å². The fraction of sp³-hybridized carbons (Fsp3) is 0.259. The highest BCUT2D eigenvalue weighted by atomic mass is 16.5. The molecule has 0 aliphatic rings. The van der Waals surface area contributed by atoms with Crippen molar-refractivity contribution in [3.05, 3.63) is 83.0 Å². The average molecular weight is 468 g/mol. The summed E-state index contributed by atoms with van der Waals surface area (Å²) in [5, 5.41) is 8.96. The fourth-order valence-electron chi connectivity index (χ4n) is 2.60. The van der Waals surface area contributed by atoms with E-state index in [1.165, 1.54) is 17.7 Å². The number of benzene rings is 2. The number of ketones is 1. The lowest BCUT2D eigenvalue weighted by Crippen LogP contribution is -2.12. The molecule has 4 N–H and O–H groups in total. The van der Waals surface area contributed by atoms with Crippen LogP contribution in [-0.4, -0.2) is 36.7 Å². The number of allylic oxidation sites excluding steroid dienone is 3. The maximum absolute atomic E-state index is 12.8. The number of rotatable bonds is 12. The van der Waals surface area contributed by atoms with E-state index in [1.807, 2.05) is 64.1 Å². The van der Waals surface area contributed by atoms with Gasteiger partial charge in [-0.3, -0.25) is 4.79 Å². The molecule has 0 amide bonds. The lowest BCUT2D eigenvalue weighted by molar-refractivity contribution is -0.139. The largest absolute Gasteiger partial charge is 0.490 e. The molecule has 2 rings (SSSR count). The Hall–Kier alpha value is -3.84. The molecule has 7 nitrogen and oxygen atoms in total. The summed E-state index contributed by atoms with van der Waals surface area (Å²) in [6, 6.07) is 12.1. The maximum Gasteiger partial charge on any atom is 0.341 e. The first-order valence-corrected chi connectivity index (χ1v) is 10.6. The molecule has 0 saturated carbocycles. The molecule has 0 radical (unpaired) electrons. The Morgan fingerprint density at radius 2 is 1.38 bits per heavy atom. The summed E-state index contributed by atoms with van der Waals surface area (Å²) >= 11 is 0. The minimum Gasteiger partial charge on any atom is -0.490 e. The number of carboxylic acids is 1. The standard InChI is InChI=1S/C27H30O6.H3N/c1-19(2)13-15-31-22-8-5-21(6-9-22)7-12-25(28)24-11-10-23(32-16-14-20(3)4)17-26(24)33-18-27(29)30;/h5-14,17H,15-16,18H2,1-4H3,(H,29,30);1H3/b12-7+;. The van der Waals surface area contributed by atoms with Gasteiger partial charge in [-0.15, -0.1) is 0 Å². The molecule has 0 aliphatic heterocycles. The van der Waals surface area contributed by atoms with Crippen LogP contribution in [0.2, 0.25) is 0 Å². The Bertz CT molecular complexity index is 1040. The van der Waals surface area contributed by atoms with E-state index in [4.69, 9.17) is 19.3 Å². The highest BCUT2D eigenvalue weighted by Crippen LogP contribution is 2.26. The summed E-state index contributed by atoms with van der Waals surface area (Å²) in [7, 11) is 0. The summed E-state index contributed by atoms with van der Waals surface area (Å²) in [6.45, 7) is 8.25. The van der Waals surface area contributed by atoms with Gasteiger partial charge in [0.1, 0.15) is 30.5 Å². The van der Waals surface area contributed by atoms with Crippen LogP contribution in [0.3, 0.4) is 0 Å². The van der Waals surface area contributed by atoms with Crippen LogP contribution in [0.15, 0.2) is 71.8 Å². The van der Waals surface area contributed by atoms with E-state index in [1.54, 1.807) is 18.2 Å². The Balaban J connectivity index is 0.00000578. The number of carbonyl (C=O) groups is 2. The van der Waals surface area contributed by atoms with E-state index >= 15 is 0 Å². The lowest BCUT2D eigenvalue weighted by Gasteiger charge is -2.11. The van der Waals surface area contributed by atoms with Crippen molar-refractivity contribution in [3.63, 3.8) is 0 Å². The third-order valence-electron chi connectivity index (χ3n) is 4.36. The van der Waals surface area contributed by atoms with Gasteiger partial charge in [0.2, 0.25) is 0 Å². The molecule has 0 atom stereocenters. The zero-order valence-electron chi connectivity index (χ0n) is 20.2. The van der Waals surface area contributed by atoms with Gasteiger partial charge >= 0.3 is 5.97 Å². The number of aliphatic carboxylic acids is 1. The Morgan fingerprint density at radius 1 is 0.824 bits per heavy atom. The van der Waals surface area contributed by atoms with E-state index in [9.17, 15) is 9.59 Å². The van der Waals surface area contributed by atoms with E-state index in [2.05, 4.69) is 0 Å². The lowest BCUT2D eigenvalue weighted by atomic mass is 10.1. The minimum absolute atomic E-state index is 0. The van der Waals surface area contributed by atoms with Crippen LogP contribution in [0.25, 0.3) is 6.08 Å². The molecule has 7 heteroatoms. The average Bonchev–Trinajstić information content (AvgIpc) is 2.76. The van der Waals surface area contributed by atoms with Crippen LogP contribution in [-0.2, 0) is 4.79 Å². The minimum atomic E-state index is -1.13. The summed E-state index contributed by atoms with van der Waals surface area (Å²) in [6.07, 6.45) is 7.01. The number of hydrogen-bond donors (Lipinski definition) is 2. The van der Waals surface area contributed by atoms with E-state index in [0.717, 1.165) is 16.9 Å². The molecule has 0 bridgehead atoms. The maximum atomic E-state index is 12.8. The monoisotopic (exact) mass is 467 g/mol. The van der Waals surface area contributed by atoms with Crippen molar-refractivity contribution >= 4 is 17.8 Å². The smallest absolute Gasteiger partial charge is 0.341 e. The SMILES string of the molecule is CC(C)=CCOc1ccc(/C=C/C(=O)c2ccc(OCC=C(C)C)cc2OCC(=O)O)cc1.N. The summed E-state index contributed by atoms with van der Waals surface area (Å²) in [4.78, 5) is 23.7. The van der Waals surface area contributed by atoms with Gasteiger partial charge in [0.15, 0.2) is 12.4 Å². The molecule has 0 heterocycles. The van der Waals surface area contributed by atoms with E-state index < -0.39 is 12.6 Å². The second kappa shape index (κ2) is 14.3. The third kappa shape index (κ3) is 10.2. The number of carboxylic acid groups (broad SMARTS) is 1. The molecule has 0 spiro atoms. The second-order valence-electron chi connectivity index (χ2n) is 7.79. The number of hydrogen-bond acceptors (Lipinski definition) is 6. The first-order chi connectivity index (χ1) is 15.7. The number of ether oxygens (including phenoxy) is 3. The predicted molar refractivity (Wildman–Crippen MR) is 134 cm³/mol. The van der Waals surface area contributed by atoms with Gasteiger partial charge in [0, 0.05) is 6.07 Å². The Kier molecular flexibility index (Phi) is 11.9. The first kappa shape index (κ1) is 28.2. The highest BCUT2D eigenvalue weighted by molar-refractivity contribution is 6.08. The molecule has 0 saturated heterocycles. The van der Waals surface area contributed by atoms with Gasteiger partial charge in [0.25, 0.3) is 0 Å². The van der Waals surface area contributed by atoms with Crippen LogP contribution in [0.1, 0.15) is 43.6 Å². The van der Waals surface area contributed by atoms with Crippen molar-refractivity contribution in [3.8, 4) is 17.2 Å². The summed E-state index contributed by atoms with van der Waals surface area (Å²) in [5.41, 5.74) is 3.38. The van der Waals surface area contributed by atoms with Gasteiger partial charge in [-0.25, -0.2) is 4.79 Å². The molecule has 0 fully saturated rings. The molecule has 0 aliphatic carbocycles. The molecular weight excluding hydrogens is 434 g/mol. The molecule has 182 valence electrons. The molecule has 0 aromatic heterocycles. The summed E-state index contributed by atoms with van der Waals surface area (Å²) < 4.78 is 16.6. The number of carbonyl (C=O) groups excluding carboxylic acids is 1. The van der Waals surface area contributed by atoms with Crippen molar-refractivity contribution in [2.24, 2.45) is 0 Å². The molecule has 0 unspecified atom stereocenters. The van der Waals surface area contributed by atoms with Crippen LogP contribution in [0, 0.1) is 0 Å². The molecule has 2 aromatic rings. The van der Waals surface area contributed by atoms with Crippen LogP contribution in [0.4, 0.5) is 0 Å². The predicted octanol–water partition coefficient (Wildman–Crippen LogP) is 5.90. The fourth-order valence-corrected chi connectivity index (χ4v) is 2.60. The van der Waals surface area contributed by atoms with Crippen molar-refractivity contribution in [1.82, 2.24) is 6.15 Å². The van der Waals surface area contributed by atoms with Gasteiger partial charge in [0.05, 0.1) is 5.56 Å². The van der Waals surface area contributed by atoms with Gasteiger partial charge in [-0.05, 0) is 75.8 Å². The van der Waals surface area contributed by atoms with E-state index in [-0.39, 0.29) is 23.2 Å². The van der Waals surface area contributed by atoms with Crippen molar-refractivity contribution in [1.29, 1.82) is 0 Å². The summed E-state index contributed by atoms with van der Waals surface area (Å²) in [5.74, 6) is -0.0623. The normalized spacial score (nSPS) is 10.1. The van der Waals surface area contributed by atoms with Crippen molar-refractivity contribution in [2.45, 2.75) is 27.7 Å². The Labute approximate surface area is 200 Å². The van der Waals surface area contributed by atoms with Crippen LogP contribution >= 0.6 is 0 Å². The highest BCUT2D eigenvalue weighted by Gasteiger charge is 2.13. The quantitative estimate of drug-likeness (QED) is 0.227. The van der Waals surface area contributed by atoms with Crippen molar-refractivity contribution < 1.29 is 28.9 Å². The van der Waals surface area contributed by atoms with Gasteiger partial charge in [-0.1, -0.05) is 29.4 Å². The van der Waals surface area contributed by atoms with Crippen LogP contribution < -0.4 is 20.4 Å². The first-order valence-electron chi connectivity index (χ1n) is 10.6. The van der Waals surface area contributed by atoms with Crippen molar-refractivity contribution in [2.75, 3.05) is 19.8 Å². The van der Waals surface area contributed by atoms with Gasteiger partial charge in [-0.2, -0.15) is 0 Å².